The minimum absolute atomic E-state index is 0.0427. The second-order valence-corrected chi connectivity index (χ2v) is 8.04. The highest BCUT2D eigenvalue weighted by molar-refractivity contribution is 7.91. The van der Waals surface area contributed by atoms with Crippen molar-refractivity contribution in [2.45, 2.75) is 25.7 Å². The molecular formula is C15H22FNO3S. The Morgan fingerprint density at radius 1 is 1.29 bits per heavy atom. The first-order valence-corrected chi connectivity index (χ1v) is 8.27. The minimum atomic E-state index is -3.32. The van der Waals surface area contributed by atoms with Crippen molar-refractivity contribution in [2.24, 2.45) is 11.1 Å². The van der Waals surface area contributed by atoms with E-state index >= 15 is 0 Å². The van der Waals surface area contributed by atoms with Gasteiger partial charge in [0.2, 0.25) is 0 Å². The maximum absolute atomic E-state index is 12.3. The van der Waals surface area contributed by atoms with Crippen LogP contribution in [0.25, 0.3) is 0 Å². The SMILES string of the molecule is CC(C)(C)CS(=O)(=O)c1ccc(OC/C(=C\F)CN)cc1. The lowest BCUT2D eigenvalue weighted by molar-refractivity contribution is 0.347. The van der Waals surface area contributed by atoms with Crippen LogP contribution in [0, 0.1) is 5.41 Å². The molecule has 0 fully saturated rings. The molecule has 0 saturated heterocycles. The highest BCUT2D eigenvalue weighted by Gasteiger charge is 2.23. The number of hydrogen-bond acceptors (Lipinski definition) is 4. The lowest BCUT2D eigenvalue weighted by atomic mass is 10.0. The average Bonchev–Trinajstić information content (AvgIpc) is 2.38. The first kappa shape index (κ1) is 17.7. The molecule has 6 heteroatoms. The third kappa shape index (κ3) is 5.85. The highest BCUT2D eigenvalue weighted by Crippen LogP contribution is 2.23. The Balaban J connectivity index is 2.79. The Labute approximate surface area is 125 Å². The maximum atomic E-state index is 12.3. The maximum Gasteiger partial charge on any atom is 0.178 e. The molecule has 2 N–H and O–H groups in total. The van der Waals surface area contributed by atoms with Crippen molar-refractivity contribution in [1.82, 2.24) is 0 Å². The van der Waals surface area contributed by atoms with Crippen molar-refractivity contribution in [2.75, 3.05) is 18.9 Å². The summed E-state index contributed by atoms with van der Waals surface area (Å²) in [6, 6.07) is 6.11. The minimum Gasteiger partial charge on any atom is -0.489 e. The zero-order valence-corrected chi connectivity index (χ0v) is 13.4. The van der Waals surface area contributed by atoms with Gasteiger partial charge in [-0.15, -0.1) is 0 Å². The summed E-state index contributed by atoms with van der Waals surface area (Å²) < 4.78 is 42.1. The predicted molar refractivity (Wildman–Crippen MR) is 81.7 cm³/mol. The monoisotopic (exact) mass is 315 g/mol. The summed E-state index contributed by atoms with van der Waals surface area (Å²) in [5, 5.41) is 0. The van der Waals surface area contributed by atoms with Gasteiger partial charge in [0, 0.05) is 12.1 Å². The van der Waals surface area contributed by atoms with E-state index in [4.69, 9.17) is 10.5 Å². The fourth-order valence-corrected chi connectivity index (χ4v) is 3.57. The lowest BCUT2D eigenvalue weighted by Crippen LogP contribution is -2.20. The summed E-state index contributed by atoms with van der Waals surface area (Å²) in [5.74, 6) is 0.541. The van der Waals surface area contributed by atoms with E-state index in [0.29, 0.717) is 17.7 Å². The standard InChI is InChI=1S/C15H22FNO3S/c1-15(2,3)11-21(18,19)14-6-4-13(5-7-14)20-10-12(8-16)9-17/h4-8H,9-11,17H2,1-3H3/b12-8-. The summed E-state index contributed by atoms with van der Waals surface area (Å²) in [6.45, 7) is 5.74. The molecule has 0 aliphatic rings. The molecule has 0 spiro atoms. The van der Waals surface area contributed by atoms with Crippen LogP contribution in [-0.4, -0.2) is 27.3 Å². The molecule has 0 unspecified atom stereocenters. The Hall–Kier alpha value is -1.40. The topological polar surface area (TPSA) is 69.4 Å². The zero-order chi connectivity index (χ0) is 16.1. The average molecular weight is 315 g/mol. The van der Waals surface area contributed by atoms with Gasteiger partial charge in [-0.25, -0.2) is 12.8 Å². The van der Waals surface area contributed by atoms with Gasteiger partial charge in [-0.05, 0) is 29.7 Å². The molecule has 21 heavy (non-hydrogen) atoms. The van der Waals surface area contributed by atoms with Crippen LogP contribution in [0.3, 0.4) is 0 Å². The third-order valence-corrected chi connectivity index (χ3v) is 4.88. The largest absolute Gasteiger partial charge is 0.489 e. The van der Waals surface area contributed by atoms with Crippen LogP contribution in [-0.2, 0) is 9.84 Å². The van der Waals surface area contributed by atoms with E-state index in [9.17, 15) is 12.8 Å². The molecule has 0 aliphatic carbocycles. The zero-order valence-electron chi connectivity index (χ0n) is 12.6. The van der Waals surface area contributed by atoms with Crippen LogP contribution < -0.4 is 10.5 Å². The fourth-order valence-electron chi connectivity index (χ4n) is 1.71. The van der Waals surface area contributed by atoms with Gasteiger partial charge in [0.15, 0.2) is 9.84 Å². The number of halogens is 1. The van der Waals surface area contributed by atoms with Gasteiger partial charge in [0.25, 0.3) is 0 Å². The quantitative estimate of drug-likeness (QED) is 0.876. The van der Waals surface area contributed by atoms with Crippen LogP contribution in [0.5, 0.6) is 5.75 Å². The van der Waals surface area contributed by atoms with Crippen molar-refractivity contribution >= 4 is 9.84 Å². The van der Waals surface area contributed by atoms with E-state index in [1.54, 1.807) is 12.1 Å². The molecule has 118 valence electrons. The van der Waals surface area contributed by atoms with Crippen molar-refractivity contribution in [1.29, 1.82) is 0 Å². The van der Waals surface area contributed by atoms with Gasteiger partial charge in [-0.1, -0.05) is 20.8 Å². The van der Waals surface area contributed by atoms with E-state index in [2.05, 4.69) is 0 Å². The summed E-state index contributed by atoms with van der Waals surface area (Å²) in [5.41, 5.74) is 5.34. The molecule has 0 bridgehead atoms. The Kier molecular flexibility index (Phi) is 5.92. The van der Waals surface area contributed by atoms with E-state index < -0.39 is 9.84 Å². The van der Waals surface area contributed by atoms with Crippen LogP contribution in [0.2, 0.25) is 0 Å². The van der Waals surface area contributed by atoms with Crippen LogP contribution in [0.15, 0.2) is 41.1 Å². The van der Waals surface area contributed by atoms with Crippen molar-refractivity contribution in [3.8, 4) is 5.75 Å². The van der Waals surface area contributed by atoms with Gasteiger partial charge < -0.3 is 10.5 Å². The molecule has 4 nitrogen and oxygen atoms in total. The normalized spacial score (nSPS) is 13.3. The van der Waals surface area contributed by atoms with Crippen LogP contribution in [0.4, 0.5) is 4.39 Å². The molecule has 1 aromatic rings. The first-order valence-electron chi connectivity index (χ1n) is 6.62. The van der Waals surface area contributed by atoms with Gasteiger partial charge in [0.05, 0.1) is 17.0 Å². The fraction of sp³-hybridized carbons (Fsp3) is 0.467. The predicted octanol–water partition coefficient (Wildman–Crippen LogP) is 2.70. The van der Waals surface area contributed by atoms with Crippen molar-refractivity contribution < 1.29 is 17.5 Å². The van der Waals surface area contributed by atoms with E-state index in [0.717, 1.165) is 0 Å². The number of nitrogens with two attached hydrogens (primary N) is 1. The second kappa shape index (κ2) is 7.04. The molecule has 0 amide bonds. The summed E-state index contributed by atoms with van der Waals surface area (Å²) in [4.78, 5) is 0.254. The van der Waals surface area contributed by atoms with Gasteiger partial charge in [-0.3, -0.25) is 0 Å². The lowest BCUT2D eigenvalue weighted by Gasteiger charge is -2.18. The van der Waals surface area contributed by atoms with Gasteiger partial charge in [0.1, 0.15) is 12.4 Å². The van der Waals surface area contributed by atoms with E-state index in [1.807, 2.05) is 20.8 Å². The first-order chi connectivity index (χ1) is 9.68. The number of hydrogen-bond donors (Lipinski definition) is 1. The molecule has 0 heterocycles. The molecule has 0 saturated carbocycles. The number of benzene rings is 1. The van der Waals surface area contributed by atoms with Crippen molar-refractivity contribution in [3.63, 3.8) is 0 Å². The van der Waals surface area contributed by atoms with E-state index in [1.165, 1.54) is 12.1 Å². The molecule has 0 aromatic heterocycles. The number of ether oxygens (including phenoxy) is 1. The van der Waals surface area contributed by atoms with Crippen LogP contribution >= 0.6 is 0 Å². The third-order valence-electron chi connectivity index (χ3n) is 2.65. The van der Waals surface area contributed by atoms with Gasteiger partial charge >= 0.3 is 0 Å². The molecule has 1 aromatic carbocycles. The summed E-state index contributed by atoms with van der Waals surface area (Å²) >= 11 is 0. The highest BCUT2D eigenvalue weighted by atomic mass is 32.2. The number of sulfone groups is 1. The summed E-state index contributed by atoms with van der Waals surface area (Å²) in [7, 11) is -3.32. The Morgan fingerprint density at radius 3 is 2.29 bits per heavy atom. The molecule has 0 radical (unpaired) electrons. The smallest absolute Gasteiger partial charge is 0.178 e. The second-order valence-electron chi connectivity index (χ2n) is 6.05. The summed E-state index contributed by atoms with van der Waals surface area (Å²) in [6.07, 6.45) is 0.419. The molecular weight excluding hydrogens is 293 g/mol. The molecule has 0 aliphatic heterocycles. The number of rotatable bonds is 6. The molecule has 0 atom stereocenters. The molecule has 1 rings (SSSR count). The van der Waals surface area contributed by atoms with Crippen LogP contribution in [0.1, 0.15) is 20.8 Å². The van der Waals surface area contributed by atoms with E-state index in [-0.39, 0.29) is 29.2 Å². The Morgan fingerprint density at radius 2 is 1.86 bits per heavy atom. The Bertz CT molecular complexity index is 586. The van der Waals surface area contributed by atoms with Gasteiger partial charge in [-0.2, -0.15) is 0 Å². The van der Waals surface area contributed by atoms with Crippen molar-refractivity contribution in [3.05, 3.63) is 36.2 Å².